The van der Waals surface area contributed by atoms with E-state index in [0.717, 1.165) is 21.2 Å². The molecule has 5 nitrogen and oxygen atoms in total. The molecule has 3 aromatic carbocycles. The Hall–Kier alpha value is -3.90. The number of hydrogen-bond donors (Lipinski definition) is 1. The van der Waals surface area contributed by atoms with Gasteiger partial charge in [-0.15, -0.1) is 11.3 Å². The van der Waals surface area contributed by atoms with Crippen molar-refractivity contribution in [1.82, 2.24) is 0 Å². The van der Waals surface area contributed by atoms with Crippen LogP contribution in [-0.2, 0) is 15.0 Å². The highest BCUT2D eigenvalue weighted by Gasteiger charge is 2.48. The van der Waals surface area contributed by atoms with Gasteiger partial charge in [-0.1, -0.05) is 69.3 Å². The predicted molar refractivity (Wildman–Crippen MR) is 145 cm³/mol. The highest BCUT2D eigenvalue weighted by Crippen LogP contribution is 2.46. The SMILES string of the molecule is COc1ccc(C(C)(C)C)cc1/C(O)=C1\C(=O)C(=O)N(c2cccc3ccccc23)C1c1cccs1. The van der Waals surface area contributed by atoms with Crippen molar-refractivity contribution in [2.75, 3.05) is 12.0 Å². The number of rotatable bonds is 4. The van der Waals surface area contributed by atoms with Gasteiger partial charge in [-0.3, -0.25) is 14.5 Å². The molecule has 1 saturated heterocycles. The van der Waals surface area contributed by atoms with Crippen LogP contribution in [0.3, 0.4) is 0 Å². The summed E-state index contributed by atoms with van der Waals surface area (Å²) in [6.45, 7) is 6.22. The van der Waals surface area contributed by atoms with Crippen molar-refractivity contribution in [3.63, 3.8) is 0 Å². The van der Waals surface area contributed by atoms with Gasteiger partial charge in [0.05, 0.1) is 23.9 Å². The molecule has 1 N–H and O–H groups in total. The van der Waals surface area contributed by atoms with Crippen LogP contribution >= 0.6 is 11.3 Å². The zero-order valence-corrected chi connectivity index (χ0v) is 21.4. The van der Waals surface area contributed by atoms with E-state index in [4.69, 9.17) is 4.74 Å². The van der Waals surface area contributed by atoms with Crippen LogP contribution < -0.4 is 9.64 Å². The van der Waals surface area contributed by atoms with Gasteiger partial charge in [0.2, 0.25) is 0 Å². The molecular weight excluding hydrogens is 470 g/mol. The molecule has 0 bridgehead atoms. The van der Waals surface area contributed by atoms with Crippen molar-refractivity contribution in [3.05, 3.63) is 99.8 Å². The van der Waals surface area contributed by atoms with Gasteiger partial charge in [-0.05, 0) is 46.0 Å². The Balaban J connectivity index is 1.78. The maximum absolute atomic E-state index is 13.6. The summed E-state index contributed by atoms with van der Waals surface area (Å²) in [6.07, 6.45) is 0. The summed E-state index contributed by atoms with van der Waals surface area (Å²) in [7, 11) is 1.52. The highest BCUT2D eigenvalue weighted by atomic mass is 32.1. The molecule has 0 spiro atoms. The first kappa shape index (κ1) is 23.8. The predicted octanol–water partition coefficient (Wildman–Crippen LogP) is 6.83. The van der Waals surface area contributed by atoms with E-state index in [1.807, 2.05) is 72.1 Å². The monoisotopic (exact) mass is 497 g/mol. The van der Waals surface area contributed by atoms with Crippen molar-refractivity contribution >= 4 is 45.2 Å². The fourth-order valence-corrected chi connectivity index (χ4v) is 5.54. The van der Waals surface area contributed by atoms with Gasteiger partial charge in [0.25, 0.3) is 11.7 Å². The second-order valence-electron chi connectivity index (χ2n) is 9.85. The normalized spacial score (nSPS) is 17.7. The summed E-state index contributed by atoms with van der Waals surface area (Å²) in [4.78, 5) is 29.5. The molecule has 0 aliphatic carbocycles. The quantitative estimate of drug-likeness (QED) is 0.191. The molecule has 1 unspecified atom stereocenters. The number of methoxy groups -OCH3 is 1. The topological polar surface area (TPSA) is 66.8 Å². The van der Waals surface area contributed by atoms with E-state index in [1.165, 1.54) is 23.3 Å². The molecule has 6 heteroatoms. The first-order valence-electron chi connectivity index (χ1n) is 11.7. The van der Waals surface area contributed by atoms with E-state index < -0.39 is 17.7 Å². The number of ether oxygens (including phenoxy) is 1. The molecule has 1 aromatic heterocycles. The maximum atomic E-state index is 13.6. The summed E-state index contributed by atoms with van der Waals surface area (Å²) >= 11 is 1.44. The molecule has 0 saturated carbocycles. The highest BCUT2D eigenvalue weighted by molar-refractivity contribution is 7.10. The summed E-state index contributed by atoms with van der Waals surface area (Å²) in [5, 5.41) is 15.4. The van der Waals surface area contributed by atoms with Crippen molar-refractivity contribution in [3.8, 4) is 5.75 Å². The lowest BCUT2D eigenvalue weighted by molar-refractivity contribution is -0.132. The number of amides is 1. The molecule has 2 heterocycles. The number of anilines is 1. The van der Waals surface area contributed by atoms with Crippen LogP contribution in [0.5, 0.6) is 5.75 Å². The molecule has 1 aliphatic rings. The smallest absolute Gasteiger partial charge is 0.300 e. The molecule has 1 amide bonds. The fraction of sp³-hybridized carbons (Fsp3) is 0.200. The van der Waals surface area contributed by atoms with Crippen molar-refractivity contribution in [1.29, 1.82) is 0 Å². The number of benzene rings is 3. The van der Waals surface area contributed by atoms with Crippen LogP contribution in [-0.4, -0.2) is 23.9 Å². The number of aliphatic hydroxyl groups is 1. The molecule has 1 fully saturated rings. The molecule has 0 radical (unpaired) electrons. The molecule has 1 aliphatic heterocycles. The van der Waals surface area contributed by atoms with Crippen molar-refractivity contribution < 1.29 is 19.4 Å². The van der Waals surface area contributed by atoms with Gasteiger partial charge in [0.15, 0.2) is 0 Å². The molecule has 182 valence electrons. The molecular formula is C30H27NO4S. The number of hydrogen-bond acceptors (Lipinski definition) is 5. The largest absolute Gasteiger partial charge is 0.507 e. The first-order valence-corrected chi connectivity index (χ1v) is 12.6. The Bertz CT molecular complexity index is 1510. The second-order valence-corrected chi connectivity index (χ2v) is 10.8. The summed E-state index contributed by atoms with van der Waals surface area (Å²) in [6, 6.07) is 22.0. The van der Waals surface area contributed by atoms with E-state index in [9.17, 15) is 14.7 Å². The third-order valence-corrected chi connectivity index (χ3v) is 7.53. The van der Waals surface area contributed by atoms with Crippen molar-refractivity contribution in [2.24, 2.45) is 0 Å². The van der Waals surface area contributed by atoms with Crippen LogP contribution in [0.4, 0.5) is 5.69 Å². The Kier molecular flexibility index (Phi) is 5.92. The van der Waals surface area contributed by atoms with Crippen LogP contribution in [0, 0.1) is 0 Å². The minimum atomic E-state index is -0.765. The molecule has 36 heavy (non-hydrogen) atoms. The summed E-state index contributed by atoms with van der Waals surface area (Å²) in [5.74, 6) is -1.20. The number of carbonyl (C=O) groups is 2. The minimum Gasteiger partial charge on any atom is -0.507 e. The van der Waals surface area contributed by atoms with Gasteiger partial charge in [0.1, 0.15) is 17.6 Å². The number of ketones is 1. The van der Waals surface area contributed by atoms with Gasteiger partial charge < -0.3 is 9.84 Å². The molecule has 4 aromatic rings. The lowest BCUT2D eigenvalue weighted by Crippen LogP contribution is -2.29. The van der Waals surface area contributed by atoms with Crippen molar-refractivity contribution in [2.45, 2.75) is 32.2 Å². The molecule has 5 rings (SSSR count). The summed E-state index contributed by atoms with van der Waals surface area (Å²) in [5.41, 5.74) is 1.86. The average molecular weight is 498 g/mol. The van der Waals surface area contributed by atoms with E-state index in [-0.39, 0.29) is 16.7 Å². The lowest BCUT2D eigenvalue weighted by Gasteiger charge is -2.26. The third-order valence-electron chi connectivity index (χ3n) is 6.60. The second kappa shape index (κ2) is 8.95. The van der Waals surface area contributed by atoms with E-state index >= 15 is 0 Å². The number of carbonyl (C=O) groups excluding carboxylic acids is 2. The Morgan fingerprint density at radius 2 is 1.72 bits per heavy atom. The minimum absolute atomic E-state index is 0.0553. The fourth-order valence-electron chi connectivity index (χ4n) is 4.72. The number of aliphatic hydroxyl groups excluding tert-OH is 1. The zero-order valence-electron chi connectivity index (χ0n) is 20.6. The number of Topliss-reactive ketones (excluding diaryl/α,β-unsaturated/α-hetero) is 1. The van der Waals surface area contributed by atoms with Gasteiger partial charge >= 0.3 is 0 Å². The van der Waals surface area contributed by atoms with Crippen LogP contribution in [0.2, 0.25) is 0 Å². The van der Waals surface area contributed by atoms with Gasteiger partial charge in [0, 0.05) is 10.3 Å². The number of fused-ring (bicyclic) bond motifs is 1. The van der Waals surface area contributed by atoms with Crippen LogP contribution in [0.1, 0.15) is 42.8 Å². The molecule has 1 atom stereocenters. The average Bonchev–Trinajstić information content (AvgIpc) is 3.49. The Labute approximate surface area is 214 Å². The first-order chi connectivity index (χ1) is 17.2. The summed E-state index contributed by atoms with van der Waals surface area (Å²) < 4.78 is 5.55. The van der Waals surface area contributed by atoms with Crippen LogP contribution in [0.25, 0.3) is 16.5 Å². The number of thiophene rings is 1. The van der Waals surface area contributed by atoms with Crippen LogP contribution in [0.15, 0.2) is 83.7 Å². The van der Waals surface area contributed by atoms with E-state index in [0.29, 0.717) is 17.0 Å². The van der Waals surface area contributed by atoms with Gasteiger partial charge in [-0.2, -0.15) is 0 Å². The van der Waals surface area contributed by atoms with E-state index in [2.05, 4.69) is 20.8 Å². The lowest BCUT2D eigenvalue weighted by atomic mass is 9.85. The maximum Gasteiger partial charge on any atom is 0.300 e. The third kappa shape index (κ3) is 3.88. The Morgan fingerprint density at radius 1 is 0.972 bits per heavy atom. The number of nitrogens with zero attached hydrogens (tertiary/aromatic N) is 1. The van der Waals surface area contributed by atoms with E-state index in [1.54, 1.807) is 6.07 Å². The standard InChI is InChI=1S/C30H27NO4S/c1-30(2,3)19-14-15-23(35-4)21(17-19)27(32)25-26(24-13-8-16-36-24)31(29(34)28(25)33)22-12-7-10-18-9-5-6-11-20(18)22/h5-17,26,32H,1-4H3/b27-25+. The van der Waals surface area contributed by atoms with Gasteiger partial charge in [-0.25, -0.2) is 0 Å². The Morgan fingerprint density at radius 3 is 2.42 bits per heavy atom. The zero-order chi connectivity index (χ0) is 25.6.